The second-order valence-corrected chi connectivity index (χ2v) is 8.87. The molecule has 3 aromatic rings. The lowest BCUT2D eigenvalue weighted by molar-refractivity contribution is 0.306. The van der Waals surface area contributed by atoms with Crippen LogP contribution in [0.4, 0.5) is 0 Å². The number of hydrogen-bond donors (Lipinski definition) is 0. The van der Waals surface area contributed by atoms with Crippen LogP contribution in [0.1, 0.15) is 37.3 Å². The first-order chi connectivity index (χ1) is 14.5. The summed E-state index contributed by atoms with van der Waals surface area (Å²) in [7, 11) is -3.82. The molecule has 0 fully saturated rings. The van der Waals surface area contributed by atoms with Crippen LogP contribution in [0.5, 0.6) is 5.75 Å². The molecule has 3 aromatic carbocycles. The summed E-state index contributed by atoms with van der Waals surface area (Å²) in [4.78, 5) is 0.197. The Morgan fingerprint density at radius 1 is 0.867 bits per heavy atom. The van der Waals surface area contributed by atoms with Gasteiger partial charge in [0.15, 0.2) is 0 Å². The average Bonchev–Trinajstić information content (AvgIpc) is 2.76. The van der Waals surface area contributed by atoms with Crippen molar-refractivity contribution in [3.8, 4) is 16.9 Å². The van der Waals surface area contributed by atoms with Crippen molar-refractivity contribution in [2.45, 2.75) is 44.6 Å². The first-order valence-corrected chi connectivity index (χ1v) is 11.7. The molecule has 0 N–H and O–H groups in total. The molecule has 4 nitrogen and oxygen atoms in total. The zero-order chi connectivity index (χ0) is 21.4. The maximum Gasteiger partial charge on any atom is 0.297 e. The van der Waals surface area contributed by atoms with E-state index in [2.05, 4.69) is 6.92 Å². The molecule has 3 rings (SSSR count). The minimum atomic E-state index is -3.82. The molecular weight excluding hydrogens is 396 g/mol. The molecule has 0 aliphatic rings. The zero-order valence-corrected chi connectivity index (χ0v) is 18.3. The van der Waals surface area contributed by atoms with Crippen molar-refractivity contribution in [2.75, 3.05) is 6.61 Å². The van der Waals surface area contributed by atoms with E-state index in [9.17, 15) is 8.42 Å². The first kappa shape index (κ1) is 22.1. The average molecular weight is 425 g/mol. The summed E-state index contributed by atoms with van der Waals surface area (Å²) in [6.07, 6.45) is 2.68. The Morgan fingerprint density at radius 3 is 2.30 bits per heavy atom. The number of rotatable bonds is 10. The maximum atomic E-state index is 12.8. The minimum Gasteiger partial charge on any atom is -0.489 e. The molecule has 0 aliphatic carbocycles. The summed E-state index contributed by atoms with van der Waals surface area (Å²) in [5.74, 6) is 0.732. The zero-order valence-electron chi connectivity index (χ0n) is 17.5. The maximum absolute atomic E-state index is 12.8. The highest BCUT2D eigenvalue weighted by molar-refractivity contribution is 7.87. The molecular formula is C25H28O4S. The van der Waals surface area contributed by atoms with Gasteiger partial charge in [-0.2, -0.15) is 8.42 Å². The molecule has 30 heavy (non-hydrogen) atoms. The van der Waals surface area contributed by atoms with Crippen LogP contribution in [0.2, 0.25) is 0 Å². The highest BCUT2D eigenvalue weighted by atomic mass is 32.2. The molecule has 0 heterocycles. The summed E-state index contributed by atoms with van der Waals surface area (Å²) in [6, 6.07) is 22.7. The summed E-state index contributed by atoms with van der Waals surface area (Å²) in [5.41, 5.74) is 3.52. The lowest BCUT2D eigenvalue weighted by Gasteiger charge is -2.13. The van der Waals surface area contributed by atoms with Crippen LogP contribution in [0.15, 0.2) is 77.7 Å². The summed E-state index contributed by atoms with van der Waals surface area (Å²) >= 11 is 0. The van der Waals surface area contributed by atoms with Gasteiger partial charge in [0.2, 0.25) is 0 Å². The van der Waals surface area contributed by atoms with E-state index in [1.54, 1.807) is 12.1 Å². The van der Waals surface area contributed by atoms with Gasteiger partial charge in [-0.1, -0.05) is 79.9 Å². The van der Waals surface area contributed by atoms with Crippen molar-refractivity contribution >= 4 is 10.1 Å². The lowest BCUT2D eigenvalue weighted by atomic mass is 10.0. The van der Waals surface area contributed by atoms with Gasteiger partial charge < -0.3 is 4.74 Å². The first-order valence-electron chi connectivity index (χ1n) is 10.3. The fraction of sp³-hybridized carbons (Fsp3) is 0.280. The molecule has 0 spiro atoms. The van der Waals surface area contributed by atoms with Crippen LogP contribution in [0.25, 0.3) is 11.1 Å². The van der Waals surface area contributed by atoms with Crippen LogP contribution >= 0.6 is 0 Å². The van der Waals surface area contributed by atoms with Crippen LogP contribution in [0, 0.1) is 6.92 Å². The molecule has 0 aromatic heterocycles. The van der Waals surface area contributed by atoms with Gasteiger partial charge in [0.05, 0.1) is 6.61 Å². The van der Waals surface area contributed by atoms with Crippen LogP contribution in [0.3, 0.4) is 0 Å². The smallest absolute Gasteiger partial charge is 0.297 e. The van der Waals surface area contributed by atoms with Crippen molar-refractivity contribution < 1.29 is 17.3 Å². The van der Waals surface area contributed by atoms with Gasteiger partial charge in [0.1, 0.15) is 17.3 Å². The van der Waals surface area contributed by atoms with E-state index in [1.165, 1.54) is 0 Å². The van der Waals surface area contributed by atoms with E-state index in [1.807, 2.05) is 67.6 Å². The summed E-state index contributed by atoms with van der Waals surface area (Å²) < 4.78 is 36.7. The van der Waals surface area contributed by atoms with Gasteiger partial charge in [0.25, 0.3) is 10.1 Å². The predicted molar refractivity (Wildman–Crippen MR) is 120 cm³/mol. The summed E-state index contributed by atoms with van der Waals surface area (Å²) in [5, 5.41) is 0. The van der Waals surface area contributed by atoms with Gasteiger partial charge in [-0.3, -0.25) is 4.18 Å². The summed E-state index contributed by atoms with van der Waals surface area (Å²) in [6.45, 7) is 4.70. The number of aryl methyl sites for hydroxylation is 1. The SMILES string of the molecule is CCCCCOS(=O)(=O)c1ccc(C)cc1-c1ccc(OCc2ccccc2)cc1. The molecule has 5 heteroatoms. The van der Waals surface area contributed by atoms with Gasteiger partial charge in [-0.15, -0.1) is 0 Å². The van der Waals surface area contributed by atoms with Crippen LogP contribution < -0.4 is 4.74 Å². The minimum absolute atomic E-state index is 0.197. The third kappa shape index (κ3) is 5.94. The van der Waals surface area contributed by atoms with Crippen molar-refractivity contribution in [1.29, 1.82) is 0 Å². The highest BCUT2D eigenvalue weighted by Crippen LogP contribution is 2.31. The predicted octanol–water partition coefficient (Wildman–Crippen LogP) is 6.14. The van der Waals surface area contributed by atoms with E-state index in [0.29, 0.717) is 12.2 Å². The topological polar surface area (TPSA) is 52.6 Å². The van der Waals surface area contributed by atoms with E-state index in [-0.39, 0.29) is 11.5 Å². The van der Waals surface area contributed by atoms with Gasteiger partial charge in [0, 0.05) is 5.56 Å². The molecule has 0 amide bonds. The Bertz CT molecular complexity index is 1040. The Morgan fingerprint density at radius 2 is 1.60 bits per heavy atom. The molecule has 0 radical (unpaired) electrons. The number of benzene rings is 3. The van der Waals surface area contributed by atoms with Crippen LogP contribution in [-0.2, 0) is 20.9 Å². The van der Waals surface area contributed by atoms with Crippen molar-refractivity contribution in [1.82, 2.24) is 0 Å². The number of ether oxygens (including phenoxy) is 1. The fourth-order valence-corrected chi connectivity index (χ4v) is 4.29. The van der Waals surface area contributed by atoms with Crippen molar-refractivity contribution in [3.05, 3.63) is 83.9 Å². The van der Waals surface area contributed by atoms with Gasteiger partial charge in [-0.05, 0) is 42.7 Å². The van der Waals surface area contributed by atoms with Gasteiger partial charge in [-0.25, -0.2) is 0 Å². The molecule has 0 unspecified atom stereocenters. The molecule has 158 valence electrons. The van der Waals surface area contributed by atoms with Crippen LogP contribution in [-0.4, -0.2) is 15.0 Å². The highest BCUT2D eigenvalue weighted by Gasteiger charge is 2.20. The standard InChI is InChI=1S/C25H28O4S/c1-3-4-8-17-29-30(26,27)25-16-11-20(2)18-24(25)22-12-14-23(15-13-22)28-19-21-9-6-5-7-10-21/h5-7,9-16,18H,3-4,8,17,19H2,1-2H3. The lowest BCUT2D eigenvalue weighted by Crippen LogP contribution is -2.09. The molecule has 0 atom stereocenters. The Hall–Kier alpha value is -2.63. The normalized spacial score (nSPS) is 11.4. The number of hydrogen-bond acceptors (Lipinski definition) is 4. The third-order valence-corrected chi connectivity index (χ3v) is 6.18. The van der Waals surface area contributed by atoms with E-state index >= 15 is 0 Å². The second-order valence-electron chi connectivity index (χ2n) is 7.28. The van der Waals surface area contributed by atoms with Gasteiger partial charge >= 0.3 is 0 Å². The Labute approximate surface area is 179 Å². The van der Waals surface area contributed by atoms with Crippen molar-refractivity contribution in [3.63, 3.8) is 0 Å². The third-order valence-electron chi connectivity index (χ3n) is 4.80. The molecule has 0 aliphatic heterocycles. The van der Waals surface area contributed by atoms with E-state index in [4.69, 9.17) is 8.92 Å². The second kappa shape index (κ2) is 10.4. The molecule has 0 bridgehead atoms. The Kier molecular flexibility index (Phi) is 7.66. The quantitative estimate of drug-likeness (QED) is 0.290. The Balaban J connectivity index is 1.78. The van der Waals surface area contributed by atoms with Crippen molar-refractivity contribution in [2.24, 2.45) is 0 Å². The van der Waals surface area contributed by atoms with E-state index < -0.39 is 10.1 Å². The number of unbranched alkanes of at least 4 members (excludes halogenated alkanes) is 2. The van der Waals surface area contributed by atoms with E-state index in [0.717, 1.165) is 41.7 Å². The molecule has 0 saturated heterocycles. The fourth-order valence-electron chi connectivity index (χ4n) is 3.14. The largest absolute Gasteiger partial charge is 0.489 e. The monoisotopic (exact) mass is 424 g/mol. The molecule has 0 saturated carbocycles.